The van der Waals surface area contributed by atoms with Crippen LogP contribution in [-0.4, -0.2) is 62.4 Å². The van der Waals surface area contributed by atoms with E-state index in [2.05, 4.69) is 31.0 Å². The molecule has 0 aliphatic rings. The molecule has 4 aromatic rings. The summed E-state index contributed by atoms with van der Waals surface area (Å²) in [5, 5.41) is 13.5. The van der Waals surface area contributed by atoms with Crippen LogP contribution in [-0.2, 0) is 19.5 Å². The topological polar surface area (TPSA) is 122 Å². The number of carbonyl (C=O) groups excluding carboxylic acids is 1. The van der Waals surface area contributed by atoms with Gasteiger partial charge in [0.2, 0.25) is 5.95 Å². The number of nitrogens with one attached hydrogen (secondary N) is 3. The highest BCUT2D eigenvalue weighted by atomic mass is 19.1. The molecule has 0 saturated carbocycles. The lowest BCUT2D eigenvalue weighted by molar-refractivity contribution is 0.262. The number of urea groups is 1. The van der Waals surface area contributed by atoms with Crippen LogP contribution in [0.3, 0.4) is 0 Å². The molecular formula is C27H34FN9O2. The summed E-state index contributed by atoms with van der Waals surface area (Å²) in [5.74, 6) is 0.256. The standard InChI is InChI=1S/C27H34FN9O2/c1-27(2,3)21-14-22(37(7)34-21)32-26(39)31-20-13-16(8-9-19(20)28)18-12-17-15-30-25(29-10-11-35(4)5)33-23(17)36(6)24(18)38/h8-9,12-15H,10-11H2,1-7H3,(H,29,30,33)(H2,31,32,39). The molecule has 3 N–H and O–H groups in total. The average Bonchev–Trinajstić information content (AvgIpc) is 3.23. The number of anilines is 3. The van der Waals surface area contributed by atoms with Gasteiger partial charge in [-0.15, -0.1) is 0 Å². The molecule has 3 heterocycles. The molecule has 0 unspecified atom stereocenters. The Morgan fingerprint density at radius 2 is 1.85 bits per heavy atom. The third-order valence-corrected chi connectivity index (χ3v) is 6.21. The zero-order chi connectivity index (χ0) is 28.5. The Hall–Kier alpha value is -4.32. The van der Waals surface area contributed by atoms with Gasteiger partial charge in [-0.05, 0) is 37.9 Å². The average molecular weight is 536 g/mol. The number of pyridine rings is 1. The van der Waals surface area contributed by atoms with Crippen LogP contribution in [0.25, 0.3) is 22.2 Å². The van der Waals surface area contributed by atoms with Crippen molar-refractivity contribution in [2.45, 2.75) is 26.2 Å². The molecule has 1 aromatic carbocycles. The van der Waals surface area contributed by atoms with Gasteiger partial charge in [-0.3, -0.25) is 19.4 Å². The second-order valence-electron chi connectivity index (χ2n) is 10.7. The molecule has 39 heavy (non-hydrogen) atoms. The van der Waals surface area contributed by atoms with Crippen molar-refractivity contribution in [3.63, 3.8) is 0 Å². The van der Waals surface area contributed by atoms with Crippen molar-refractivity contribution in [3.8, 4) is 11.1 Å². The second-order valence-corrected chi connectivity index (χ2v) is 10.7. The number of halogens is 1. The van der Waals surface area contributed by atoms with Crippen molar-refractivity contribution in [3.05, 3.63) is 58.4 Å². The highest BCUT2D eigenvalue weighted by Gasteiger charge is 2.20. The quantitative estimate of drug-likeness (QED) is 0.329. The minimum atomic E-state index is -0.636. The van der Waals surface area contributed by atoms with Gasteiger partial charge in [0.15, 0.2) is 0 Å². The summed E-state index contributed by atoms with van der Waals surface area (Å²) in [5.41, 5.74) is 1.47. The molecule has 0 spiro atoms. The van der Waals surface area contributed by atoms with Gasteiger partial charge >= 0.3 is 6.03 Å². The molecule has 3 aromatic heterocycles. The summed E-state index contributed by atoms with van der Waals surface area (Å²) < 4.78 is 17.7. The Morgan fingerprint density at radius 1 is 1.10 bits per heavy atom. The van der Waals surface area contributed by atoms with E-state index in [4.69, 9.17) is 0 Å². The summed E-state index contributed by atoms with van der Waals surface area (Å²) >= 11 is 0. The van der Waals surface area contributed by atoms with Gasteiger partial charge in [0, 0.05) is 55.8 Å². The number of amides is 2. The summed E-state index contributed by atoms with van der Waals surface area (Å²) in [6, 6.07) is 6.95. The first-order chi connectivity index (χ1) is 18.3. The number of carbonyl (C=O) groups is 1. The number of nitrogens with zero attached hydrogens (tertiary/aromatic N) is 6. The maximum absolute atomic E-state index is 14.7. The Balaban J connectivity index is 1.59. The van der Waals surface area contributed by atoms with E-state index in [1.807, 2.05) is 39.8 Å². The molecule has 206 valence electrons. The highest BCUT2D eigenvalue weighted by molar-refractivity contribution is 5.99. The van der Waals surface area contributed by atoms with E-state index in [0.717, 1.165) is 12.2 Å². The lowest BCUT2D eigenvalue weighted by Crippen LogP contribution is -2.23. The van der Waals surface area contributed by atoms with Crippen LogP contribution < -0.4 is 21.5 Å². The van der Waals surface area contributed by atoms with E-state index < -0.39 is 11.8 Å². The molecule has 0 aliphatic carbocycles. The molecule has 0 fully saturated rings. The predicted octanol–water partition coefficient (Wildman–Crippen LogP) is 3.78. The first-order valence-corrected chi connectivity index (χ1v) is 12.5. The van der Waals surface area contributed by atoms with Crippen molar-refractivity contribution in [1.82, 2.24) is 29.2 Å². The zero-order valence-electron chi connectivity index (χ0n) is 23.3. The second kappa shape index (κ2) is 10.8. The minimum absolute atomic E-state index is 0.0675. The van der Waals surface area contributed by atoms with Gasteiger partial charge in [0.1, 0.15) is 17.3 Å². The van der Waals surface area contributed by atoms with Crippen LogP contribution in [0.4, 0.5) is 26.6 Å². The van der Waals surface area contributed by atoms with E-state index in [-0.39, 0.29) is 16.7 Å². The third kappa shape index (κ3) is 6.23. The number of benzene rings is 1. The molecule has 0 radical (unpaired) electrons. The molecule has 0 aliphatic heterocycles. The van der Waals surface area contributed by atoms with Crippen molar-refractivity contribution in [2.24, 2.45) is 14.1 Å². The third-order valence-electron chi connectivity index (χ3n) is 6.21. The summed E-state index contributed by atoms with van der Waals surface area (Å²) in [6.45, 7) is 7.52. The van der Waals surface area contributed by atoms with Crippen molar-refractivity contribution in [1.29, 1.82) is 0 Å². The normalized spacial score (nSPS) is 11.7. The molecule has 12 heteroatoms. The van der Waals surface area contributed by atoms with Crippen molar-refractivity contribution >= 4 is 34.5 Å². The number of fused-ring (bicyclic) bond motifs is 1. The van der Waals surface area contributed by atoms with Gasteiger partial charge < -0.3 is 15.5 Å². The highest BCUT2D eigenvalue weighted by Crippen LogP contribution is 2.26. The SMILES string of the molecule is CN(C)CCNc1ncc2cc(-c3ccc(F)c(NC(=O)Nc4cc(C(C)(C)C)nn4C)c3)c(=O)n(C)c2n1. The number of hydrogen-bond acceptors (Lipinski definition) is 7. The van der Waals surface area contributed by atoms with E-state index in [9.17, 15) is 14.0 Å². The molecular weight excluding hydrogens is 501 g/mol. The number of hydrogen-bond donors (Lipinski definition) is 3. The predicted molar refractivity (Wildman–Crippen MR) is 152 cm³/mol. The smallest absolute Gasteiger partial charge is 0.324 e. The first-order valence-electron chi connectivity index (χ1n) is 12.5. The summed E-state index contributed by atoms with van der Waals surface area (Å²) in [4.78, 5) is 36.8. The fourth-order valence-electron chi connectivity index (χ4n) is 3.94. The van der Waals surface area contributed by atoms with Crippen LogP contribution in [0.2, 0.25) is 0 Å². The first kappa shape index (κ1) is 27.7. The number of rotatable bonds is 7. The molecule has 0 atom stereocenters. The lowest BCUT2D eigenvalue weighted by Gasteiger charge is -2.13. The Bertz CT molecular complexity index is 1580. The Morgan fingerprint density at radius 3 is 2.51 bits per heavy atom. The van der Waals surface area contributed by atoms with Crippen LogP contribution in [0.1, 0.15) is 26.5 Å². The fraction of sp³-hybridized carbons (Fsp3) is 0.370. The van der Waals surface area contributed by atoms with Crippen LogP contribution in [0.5, 0.6) is 0 Å². The number of aryl methyl sites for hydroxylation is 2. The number of likely N-dealkylation sites (N-methyl/N-ethyl adjacent to an activating group) is 1. The Kier molecular flexibility index (Phi) is 7.68. The van der Waals surface area contributed by atoms with Crippen LogP contribution >= 0.6 is 0 Å². The molecule has 0 bridgehead atoms. The number of aromatic nitrogens is 5. The largest absolute Gasteiger partial charge is 0.353 e. The lowest BCUT2D eigenvalue weighted by atomic mass is 9.92. The van der Waals surface area contributed by atoms with Gasteiger partial charge in [-0.1, -0.05) is 26.8 Å². The van der Waals surface area contributed by atoms with Crippen LogP contribution in [0.15, 0.2) is 41.3 Å². The van der Waals surface area contributed by atoms with E-state index in [1.54, 1.807) is 37.1 Å². The zero-order valence-corrected chi connectivity index (χ0v) is 23.3. The fourth-order valence-corrected chi connectivity index (χ4v) is 3.94. The maximum atomic E-state index is 14.7. The molecule has 11 nitrogen and oxygen atoms in total. The van der Waals surface area contributed by atoms with Crippen molar-refractivity contribution < 1.29 is 9.18 Å². The maximum Gasteiger partial charge on any atom is 0.324 e. The van der Waals surface area contributed by atoms with Crippen LogP contribution in [0, 0.1) is 5.82 Å². The van der Waals surface area contributed by atoms with E-state index in [0.29, 0.717) is 40.5 Å². The monoisotopic (exact) mass is 535 g/mol. The van der Waals surface area contributed by atoms with Gasteiger partial charge in [0.05, 0.1) is 11.4 Å². The summed E-state index contributed by atoms with van der Waals surface area (Å²) in [6.07, 6.45) is 1.64. The van der Waals surface area contributed by atoms with Gasteiger partial charge in [-0.25, -0.2) is 14.2 Å². The molecule has 2 amide bonds. The summed E-state index contributed by atoms with van der Waals surface area (Å²) in [7, 11) is 7.29. The van der Waals surface area contributed by atoms with Crippen molar-refractivity contribution in [2.75, 3.05) is 43.1 Å². The molecule has 4 rings (SSSR count). The van der Waals surface area contributed by atoms with E-state index >= 15 is 0 Å². The van der Waals surface area contributed by atoms with E-state index in [1.165, 1.54) is 22.8 Å². The van der Waals surface area contributed by atoms with Gasteiger partial charge in [-0.2, -0.15) is 10.1 Å². The minimum Gasteiger partial charge on any atom is -0.353 e. The molecule has 0 saturated heterocycles. The Labute approximate surface area is 226 Å². The van der Waals surface area contributed by atoms with Gasteiger partial charge in [0.25, 0.3) is 5.56 Å².